The van der Waals surface area contributed by atoms with Crippen molar-refractivity contribution in [2.75, 3.05) is 7.11 Å². The zero-order valence-corrected chi connectivity index (χ0v) is 10.7. The van der Waals surface area contributed by atoms with Gasteiger partial charge in [0.2, 0.25) is 0 Å². The summed E-state index contributed by atoms with van der Waals surface area (Å²) in [6.07, 6.45) is 4.75. The molecule has 0 aromatic heterocycles. The van der Waals surface area contributed by atoms with Crippen molar-refractivity contribution in [2.24, 2.45) is 5.73 Å². The van der Waals surface area contributed by atoms with Gasteiger partial charge in [0, 0.05) is 6.04 Å². The minimum Gasteiger partial charge on any atom is -0.465 e. The summed E-state index contributed by atoms with van der Waals surface area (Å²) in [5.74, 6) is -0.328. The minimum atomic E-state index is -0.328. The number of ether oxygens (including phenoxy) is 1. The molecule has 1 atom stereocenters. The molecule has 0 aliphatic carbocycles. The SMILES string of the molecule is C=C=CCCC[C@H](N)c1ccc(C(=O)OC)cc1. The number of benzene rings is 1. The topological polar surface area (TPSA) is 52.3 Å². The normalized spacial score (nSPS) is 11.4. The average Bonchev–Trinajstić information content (AvgIpc) is 2.42. The fourth-order valence-electron chi connectivity index (χ4n) is 1.69. The molecule has 2 N–H and O–H groups in total. The lowest BCUT2D eigenvalue weighted by Crippen LogP contribution is -2.10. The van der Waals surface area contributed by atoms with Crippen LogP contribution >= 0.6 is 0 Å². The third-order valence-corrected chi connectivity index (χ3v) is 2.77. The highest BCUT2D eigenvalue weighted by molar-refractivity contribution is 5.89. The lowest BCUT2D eigenvalue weighted by Gasteiger charge is -2.11. The summed E-state index contributed by atoms with van der Waals surface area (Å²) in [4.78, 5) is 11.3. The van der Waals surface area contributed by atoms with Gasteiger partial charge in [-0.05, 0) is 43.0 Å². The van der Waals surface area contributed by atoms with Crippen LogP contribution in [0.2, 0.25) is 0 Å². The number of carbonyl (C=O) groups excluding carboxylic acids is 1. The first-order chi connectivity index (χ1) is 8.69. The molecule has 1 aromatic carbocycles. The van der Waals surface area contributed by atoms with E-state index in [4.69, 9.17) is 5.73 Å². The lowest BCUT2D eigenvalue weighted by atomic mass is 10.0. The molecule has 18 heavy (non-hydrogen) atoms. The molecule has 96 valence electrons. The first-order valence-electron chi connectivity index (χ1n) is 5.97. The van der Waals surface area contributed by atoms with Crippen LogP contribution in [0.3, 0.4) is 0 Å². The van der Waals surface area contributed by atoms with Gasteiger partial charge < -0.3 is 10.5 Å². The molecule has 0 radical (unpaired) electrons. The Kier molecular flexibility index (Phi) is 5.92. The predicted octanol–water partition coefficient (Wildman–Crippen LogP) is 2.98. The zero-order chi connectivity index (χ0) is 13.4. The van der Waals surface area contributed by atoms with Gasteiger partial charge in [0.15, 0.2) is 0 Å². The Balaban J connectivity index is 2.56. The van der Waals surface area contributed by atoms with Crippen molar-refractivity contribution in [2.45, 2.75) is 25.3 Å². The summed E-state index contributed by atoms with van der Waals surface area (Å²) in [5.41, 5.74) is 10.4. The largest absolute Gasteiger partial charge is 0.465 e. The van der Waals surface area contributed by atoms with Crippen molar-refractivity contribution in [1.82, 2.24) is 0 Å². The van der Waals surface area contributed by atoms with Gasteiger partial charge in [0.1, 0.15) is 0 Å². The molecule has 3 heteroatoms. The molecule has 0 saturated carbocycles. The van der Waals surface area contributed by atoms with Crippen LogP contribution in [0.5, 0.6) is 0 Å². The highest BCUT2D eigenvalue weighted by Gasteiger charge is 2.08. The molecule has 0 heterocycles. The lowest BCUT2D eigenvalue weighted by molar-refractivity contribution is 0.0600. The van der Waals surface area contributed by atoms with Crippen LogP contribution in [0.15, 0.2) is 42.7 Å². The van der Waals surface area contributed by atoms with E-state index in [1.165, 1.54) is 7.11 Å². The summed E-state index contributed by atoms with van der Waals surface area (Å²) < 4.78 is 4.64. The highest BCUT2D eigenvalue weighted by atomic mass is 16.5. The highest BCUT2D eigenvalue weighted by Crippen LogP contribution is 2.17. The first-order valence-corrected chi connectivity index (χ1v) is 5.97. The molecule has 0 fully saturated rings. The van der Waals surface area contributed by atoms with Gasteiger partial charge in [0.05, 0.1) is 12.7 Å². The average molecular weight is 245 g/mol. The van der Waals surface area contributed by atoms with E-state index in [1.807, 2.05) is 18.2 Å². The number of esters is 1. The Labute approximate surface area is 108 Å². The first kappa shape index (κ1) is 14.2. The summed E-state index contributed by atoms with van der Waals surface area (Å²) in [6, 6.07) is 7.23. The van der Waals surface area contributed by atoms with E-state index < -0.39 is 0 Å². The molecular formula is C15H19NO2. The van der Waals surface area contributed by atoms with Crippen molar-refractivity contribution in [3.05, 3.63) is 53.8 Å². The quantitative estimate of drug-likeness (QED) is 0.476. The summed E-state index contributed by atoms with van der Waals surface area (Å²) in [5, 5.41) is 0. The Bertz CT molecular complexity index is 430. The standard InChI is InChI=1S/C15H19NO2/c1-3-4-5-6-7-14(16)12-8-10-13(11-9-12)15(17)18-2/h4,8-11,14H,1,5-7,16H2,2H3/t14-/m0/s1. The second-order valence-corrected chi connectivity index (χ2v) is 4.06. The van der Waals surface area contributed by atoms with Crippen LogP contribution in [0.1, 0.15) is 41.2 Å². The van der Waals surface area contributed by atoms with E-state index >= 15 is 0 Å². The molecule has 0 unspecified atom stereocenters. The number of methoxy groups -OCH3 is 1. The van der Waals surface area contributed by atoms with Crippen LogP contribution in [-0.2, 0) is 4.74 Å². The molecule has 1 aromatic rings. The van der Waals surface area contributed by atoms with Gasteiger partial charge in [-0.2, -0.15) is 0 Å². The van der Waals surface area contributed by atoms with Crippen LogP contribution < -0.4 is 5.73 Å². The van der Waals surface area contributed by atoms with Gasteiger partial charge in [-0.15, -0.1) is 5.73 Å². The van der Waals surface area contributed by atoms with E-state index in [9.17, 15) is 4.79 Å². The van der Waals surface area contributed by atoms with E-state index in [-0.39, 0.29) is 12.0 Å². The Morgan fingerprint density at radius 1 is 1.50 bits per heavy atom. The van der Waals surface area contributed by atoms with Gasteiger partial charge >= 0.3 is 5.97 Å². The maximum Gasteiger partial charge on any atom is 0.337 e. The summed E-state index contributed by atoms with van der Waals surface area (Å²) in [6.45, 7) is 3.51. The van der Waals surface area contributed by atoms with Crippen LogP contribution in [0.4, 0.5) is 0 Å². The number of hydrogen-bond donors (Lipinski definition) is 1. The Morgan fingerprint density at radius 3 is 2.72 bits per heavy atom. The molecule has 0 aliphatic heterocycles. The Morgan fingerprint density at radius 2 is 2.17 bits per heavy atom. The second-order valence-electron chi connectivity index (χ2n) is 4.06. The number of nitrogens with two attached hydrogens (primary N) is 1. The van der Waals surface area contributed by atoms with Crippen LogP contribution in [0.25, 0.3) is 0 Å². The second kappa shape index (κ2) is 7.49. The molecule has 1 rings (SSSR count). The van der Waals surface area contributed by atoms with Gasteiger partial charge in [0.25, 0.3) is 0 Å². The monoisotopic (exact) mass is 245 g/mol. The number of allylic oxidation sites excluding steroid dienone is 1. The fourth-order valence-corrected chi connectivity index (χ4v) is 1.69. The molecule has 0 amide bonds. The van der Waals surface area contributed by atoms with Crippen LogP contribution in [-0.4, -0.2) is 13.1 Å². The summed E-state index contributed by atoms with van der Waals surface area (Å²) in [7, 11) is 1.37. The molecule has 0 spiro atoms. The number of rotatable bonds is 6. The molecule has 0 aliphatic rings. The maximum absolute atomic E-state index is 11.3. The van der Waals surface area contributed by atoms with Crippen LogP contribution in [0, 0.1) is 0 Å². The minimum absolute atomic E-state index is 0.00471. The van der Waals surface area contributed by atoms with Crippen molar-refractivity contribution in [1.29, 1.82) is 0 Å². The van der Waals surface area contributed by atoms with Crippen molar-refractivity contribution < 1.29 is 9.53 Å². The smallest absolute Gasteiger partial charge is 0.337 e. The van der Waals surface area contributed by atoms with E-state index in [0.29, 0.717) is 5.56 Å². The van der Waals surface area contributed by atoms with E-state index in [2.05, 4.69) is 17.0 Å². The summed E-state index contributed by atoms with van der Waals surface area (Å²) >= 11 is 0. The molecular weight excluding hydrogens is 226 g/mol. The van der Waals surface area contributed by atoms with Crippen molar-refractivity contribution in [3.8, 4) is 0 Å². The van der Waals surface area contributed by atoms with Crippen molar-refractivity contribution in [3.63, 3.8) is 0 Å². The maximum atomic E-state index is 11.3. The third-order valence-electron chi connectivity index (χ3n) is 2.77. The van der Waals surface area contributed by atoms with E-state index in [1.54, 1.807) is 12.1 Å². The number of hydrogen-bond acceptors (Lipinski definition) is 3. The molecule has 0 bridgehead atoms. The third kappa shape index (κ3) is 4.21. The van der Waals surface area contributed by atoms with Crippen molar-refractivity contribution >= 4 is 5.97 Å². The number of unbranched alkanes of at least 4 members (excludes halogenated alkanes) is 1. The fraction of sp³-hybridized carbons (Fsp3) is 0.333. The van der Waals surface area contributed by atoms with Gasteiger partial charge in [-0.25, -0.2) is 4.79 Å². The predicted molar refractivity (Wildman–Crippen MR) is 72.3 cm³/mol. The van der Waals surface area contributed by atoms with E-state index in [0.717, 1.165) is 24.8 Å². The zero-order valence-electron chi connectivity index (χ0n) is 10.7. The van der Waals surface area contributed by atoms with Gasteiger partial charge in [-0.1, -0.05) is 18.7 Å². The molecule has 0 saturated heterocycles. The Hall–Kier alpha value is -1.83. The van der Waals surface area contributed by atoms with Gasteiger partial charge in [-0.3, -0.25) is 0 Å². The number of carbonyl (C=O) groups is 1. The molecule has 3 nitrogen and oxygen atoms in total.